The van der Waals surface area contributed by atoms with E-state index in [2.05, 4.69) is 4.98 Å². The van der Waals surface area contributed by atoms with Crippen molar-refractivity contribution in [3.8, 4) is 11.5 Å². The number of Topliss-reactive ketones (excluding diaryl/α,β-unsaturated/α-hetero) is 1. The Morgan fingerprint density at radius 1 is 1.10 bits per heavy atom. The van der Waals surface area contributed by atoms with Gasteiger partial charge in [0.15, 0.2) is 5.78 Å². The molecule has 1 aromatic heterocycles. The summed E-state index contributed by atoms with van der Waals surface area (Å²) < 4.78 is 12.0. The van der Waals surface area contributed by atoms with Crippen LogP contribution in [0, 0.1) is 5.92 Å². The molecule has 0 saturated heterocycles. The lowest BCUT2D eigenvalue weighted by Gasteiger charge is -2.24. The van der Waals surface area contributed by atoms with Crippen LogP contribution >= 0.6 is 0 Å². The normalized spacial score (nSPS) is 16.4. The highest BCUT2D eigenvalue weighted by molar-refractivity contribution is 6.01. The van der Waals surface area contributed by atoms with E-state index in [1.807, 2.05) is 31.2 Å². The summed E-state index contributed by atoms with van der Waals surface area (Å²) in [5.74, 6) is 0.548. The van der Waals surface area contributed by atoms with Crippen LogP contribution in [0.15, 0.2) is 67.0 Å². The Kier molecular flexibility index (Phi) is 4.99. The molecule has 29 heavy (non-hydrogen) atoms. The van der Waals surface area contributed by atoms with E-state index in [1.165, 1.54) is 0 Å². The van der Waals surface area contributed by atoms with Crippen LogP contribution in [0.1, 0.15) is 44.9 Å². The molecule has 0 saturated carbocycles. The number of ketones is 1. The van der Waals surface area contributed by atoms with E-state index in [1.54, 1.807) is 42.7 Å². The fourth-order valence-electron chi connectivity index (χ4n) is 3.28. The molecular weight excluding hydrogens is 368 g/mol. The van der Waals surface area contributed by atoms with Crippen molar-refractivity contribution < 1.29 is 19.1 Å². The second-order valence-corrected chi connectivity index (χ2v) is 7.00. The van der Waals surface area contributed by atoms with Crippen molar-refractivity contribution in [3.63, 3.8) is 0 Å². The Balaban J connectivity index is 1.68. The van der Waals surface area contributed by atoms with Gasteiger partial charge in [0, 0.05) is 24.0 Å². The predicted molar refractivity (Wildman–Crippen MR) is 107 cm³/mol. The lowest BCUT2D eigenvalue weighted by Crippen LogP contribution is -2.25. The van der Waals surface area contributed by atoms with Crippen LogP contribution in [0.2, 0.25) is 0 Å². The standard InChI is InChI=1S/C23H20N2O4/c1-14-13-28-20-12-18(6-7-19(20)21(14)26)29-22(16-8-10-25-11-9-16)15-2-4-17(5-3-15)23(24)27/h2-12,14,22H,13H2,1H3,(H2,24,27)/t14-,22-/m1/s1. The minimum absolute atomic E-state index is 0.0746. The van der Waals surface area contributed by atoms with Crippen LogP contribution in [-0.4, -0.2) is 23.3 Å². The highest BCUT2D eigenvalue weighted by Crippen LogP contribution is 2.34. The summed E-state index contributed by atoms with van der Waals surface area (Å²) in [6.45, 7) is 2.21. The van der Waals surface area contributed by atoms with Gasteiger partial charge in [0.25, 0.3) is 0 Å². The molecular formula is C23H20N2O4. The van der Waals surface area contributed by atoms with Crippen LogP contribution < -0.4 is 15.2 Å². The minimum atomic E-state index is -0.483. The molecule has 0 bridgehead atoms. The van der Waals surface area contributed by atoms with Crippen molar-refractivity contribution in [3.05, 3.63) is 89.2 Å². The average molecular weight is 388 g/mol. The number of hydrogen-bond acceptors (Lipinski definition) is 5. The number of carbonyl (C=O) groups is 2. The number of nitrogens with two attached hydrogens (primary N) is 1. The van der Waals surface area contributed by atoms with Gasteiger partial charge >= 0.3 is 0 Å². The quantitative estimate of drug-likeness (QED) is 0.722. The van der Waals surface area contributed by atoms with E-state index in [-0.39, 0.29) is 11.7 Å². The van der Waals surface area contributed by atoms with E-state index in [4.69, 9.17) is 15.2 Å². The SMILES string of the molecule is C[C@@H]1COc2cc(O[C@@H](c3ccncc3)c3ccc(C(N)=O)cc3)ccc2C1=O. The molecule has 2 N–H and O–H groups in total. The second kappa shape index (κ2) is 7.75. The molecule has 2 heterocycles. The molecule has 0 unspecified atom stereocenters. The van der Waals surface area contributed by atoms with Crippen molar-refractivity contribution >= 4 is 11.7 Å². The summed E-state index contributed by atoms with van der Waals surface area (Å²) in [6.07, 6.45) is 2.95. The molecule has 0 spiro atoms. The Morgan fingerprint density at radius 2 is 1.79 bits per heavy atom. The lowest BCUT2D eigenvalue weighted by molar-refractivity contribution is 0.0847. The van der Waals surface area contributed by atoms with Gasteiger partial charge in [-0.15, -0.1) is 0 Å². The number of benzene rings is 2. The Morgan fingerprint density at radius 3 is 2.48 bits per heavy atom. The van der Waals surface area contributed by atoms with Crippen LogP contribution in [0.25, 0.3) is 0 Å². The maximum atomic E-state index is 12.3. The summed E-state index contributed by atoms with van der Waals surface area (Å²) in [5.41, 5.74) is 8.09. The number of hydrogen-bond donors (Lipinski definition) is 1. The summed E-state index contributed by atoms with van der Waals surface area (Å²) in [7, 11) is 0. The maximum Gasteiger partial charge on any atom is 0.248 e. The number of aromatic nitrogens is 1. The van der Waals surface area contributed by atoms with Crippen molar-refractivity contribution in [1.29, 1.82) is 0 Å². The molecule has 1 aliphatic heterocycles. The molecule has 6 nitrogen and oxygen atoms in total. The van der Waals surface area contributed by atoms with Gasteiger partial charge in [-0.05, 0) is 47.5 Å². The van der Waals surface area contributed by atoms with Gasteiger partial charge in [0.05, 0.1) is 18.1 Å². The van der Waals surface area contributed by atoms with Crippen molar-refractivity contribution in [1.82, 2.24) is 4.98 Å². The van der Waals surface area contributed by atoms with Gasteiger partial charge in [-0.1, -0.05) is 19.1 Å². The van der Waals surface area contributed by atoms with Crippen LogP contribution in [0.3, 0.4) is 0 Å². The van der Waals surface area contributed by atoms with Crippen molar-refractivity contribution in [2.45, 2.75) is 13.0 Å². The minimum Gasteiger partial charge on any atom is -0.492 e. The molecule has 1 aliphatic rings. The van der Waals surface area contributed by atoms with E-state index < -0.39 is 12.0 Å². The highest BCUT2D eigenvalue weighted by Gasteiger charge is 2.26. The molecule has 0 radical (unpaired) electrons. The topological polar surface area (TPSA) is 91.5 Å². The second-order valence-electron chi connectivity index (χ2n) is 7.00. The largest absolute Gasteiger partial charge is 0.492 e. The number of nitrogens with zero attached hydrogens (tertiary/aromatic N) is 1. The third-order valence-corrected chi connectivity index (χ3v) is 4.92. The van der Waals surface area contributed by atoms with E-state index in [0.29, 0.717) is 29.2 Å². The van der Waals surface area contributed by atoms with Crippen LogP contribution in [0.4, 0.5) is 0 Å². The third kappa shape index (κ3) is 3.82. The smallest absolute Gasteiger partial charge is 0.248 e. The average Bonchev–Trinajstić information content (AvgIpc) is 2.75. The molecule has 6 heteroatoms. The number of ether oxygens (including phenoxy) is 2. The van der Waals surface area contributed by atoms with Gasteiger partial charge in [-0.3, -0.25) is 14.6 Å². The highest BCUT2D eigenvalue weighted by atomic mass is 16.5. The number of carbonyl (C=O) groups excluding carboxylic acids is 2. The monoisotopic (exact) mass is 388 g/mol. The lowest BCUT2D eigenvalue weighted by atomic mass is 9.96. The van der Waals surface area contributed by atoms with Crippen LogP contribution in [-0.2, 0) is 0 Å². The van der Waals surface area contributed by atoms with E-state index in [0.717, 1.165) is 11.1 Å². The Labute approximate surface area is 168 Å². The first-order chi connectivity index (χ1) is 14.0. The molecule has 2 atom stereocenters. The zero-order chi connectivity index (χ0) is 20.4. The molecule has 2 aromatic carbocycles. The number of rotatable bonds is 5. The molecule has 1 amide bonds. The zero-order valence-electron chi connectivity index (χ0n) is 15.9. The summed E-state index contributed by atoms with van der Waals surface area (Å²) in [5, 5.41) is 0. The van der Waals surface area contributed by atoms with Crippen molar-refractivity contribution in [2.24, 2.45) is 11.7 Å². The van der Waals surface area contributed by atoms with Gasteiger partial charge in [0.1, 0.15) is 17.6 Å². The van der Waals surface area contributed by atoms with Gasteiger partial charge < -0.3 is 15.2 Å². The maximum absolute atomic E-state index is 12.3. The van der Waals surface area contributed by atoms with E-state index >= 15 is 0 Å². The molecule has 4 rings (SSSR count). The molecule has 0 fully saturated rings. The molecule has 146 valence electrons. The fraction of sp³-hybridized carbons (Fsp3) is 0.174. The zero-order valence-corrected chi connectivity index (χ0v) is 15.9. The number of fused-ring (bicyclic) bond motifs is 1. The van der Waals surface area contributed by atoms with Crippen molar-refractivity contribution in [2.75, 3.05) is 6.61 Å². The van der Waals surface area contributed by atoms with Gasteiger partial charge in [0.2, 0.25) is 5.91 Å². The summed E-state index contributed by atoms with van der Waals surface area (Å²) >= 11 is 0. The first-order valence-corrected chi connectivity index (χ1v) is 9.30. The number of amides is 1. The predicted octanol–water partition coefficient (Wildman–Crippen LogP) is 3.56. The van der Waals surface area contributed by atoms with Crippen LogP contribution in [0.5, 0.6) is 11.5 Å². The summed E-state index contributed by atoms with van der Waals surface area (Å²) in [6, 6.07) is 15.9. The summed E-state index contributed by atoms with van der Waals surface area (Å²) in [4.78, 5) is 27.7. The Hall–Kier alpha value is -3.67. The number of primary amides is 1. The van der Waals surface area contributed by atoms with Gasteiger partial charge in [-0.2, -0.15) is 0 Å². The molecule has 3 aromatic rings. The fourth-order valence-corrected chi connectivity index (χ4v) is 3.28. The van der Waals surface area contributed by atoms with Gasteiger partial charge in [-0.25, -0.2) is 0 Å². The first kappa shape index (κ1) is 18.7. The first-order valence-electron chi connectivity index (χ1n) is 9.30. The molecule has 0 aliphatic carbocycles. The van der Waals surface area contributed by atoms with E-state index in [9.17, 15) is 9.59 Å². The Bertz CT molecular complexity index is 1050. The number of pyridine rings is 1. The third-order valence-electron chi connectivity index (χ3n) is 4.92.